The molecule has 1 unspecified atom stereocenters. The molecule has 0 spiro atoms. The second-order valence-corrected chi connectivity index (χ2v) is 7.54. The van der Waals surface area contributed by atoms with Crippen molar-refractivity contribution in [2.45, 2.75) is 25.8 Å². The fourth-order valence-corrected chi connectivity index (χ4v) is 3.74. The number of nitrogens with zero attached hydrogens (tertiary/aromatic N) is 2. The van der Waals surface area contributed by atoms with Gasteiger partial charge in [-0.05, 0) is 63.0 Å². The molecular weight excluding hydrogens is 383 g/mol. The molecule has 1 aromatic carbocycles. The quantitative estimate of drug-likeness (QED) is 0.747. The van der Waals surface area contributed by atoms with Crippen LogP contribution in [0, 0.1) is 5.92 Å². The molecule has 1 aromatic rings. The lowest BCUT2D eigenvalue weighted by Gasteiger charge is -2.32. The molecule has 3 rings (SSSR count). The second kappa shape index (κ2) is 12.6. The van der Waals surface area contributed by atoms with Gasteiger partial charge in [-0.15, -0.1) is 24.8 Å². The number of halogens is 2. The summed E-state index contributed by atoms with van der Waals surface area (Å²) in [5.41, 5.74) is 2.02. The van der Waals surface area contributed by atoms with E-state index in [0.717, 1.165) is 64.3 Å². The zero-order valence-electron chi connectivity index (χ0n) is 16.3. The number of hydrogen-bond acceptors (Lipinski definition) is 4. The van der Waals surface area contributed by atoms with Gasteiger partial charge in [0, 0.05) is 44.8 Å². The van der Waals surface area contributed by atoms with E-state index in [-0.39, 0.29) is 30.7 Å². The van der Waals surface area contributed by atoms with Crippen LogP contribution in [0.4, 0.5) is 0 Å². The lowest BCUT2D eigenvalue weighted by Crippen LogP contribution is -2.43. The van der Waals surface area contributed by atoms with Gasteiger partial charge in [-0.1, -0.05) is 12.1 Å². The Bertz CT molecular complexity index is 559. The van der Waals surface area contributed by atoms with Crippen molar-refractivity contribution in [3.8, 4) is 0 Å². The Morgan fingerprint density at radius 3 is 2.70 bits per heavy atom. The van der Waals surface area contributed by atoms with Gasteiger partial charge in [-0.25, -0.2) is 0 Å². The average molecular weight is 417 g/mol. The van der Waals surface area contributed by atoms with Gasteiger partial charge in [-0.2, -0.15) is 0 Å². The van der Waals surface area contributed by atoms with Crippen LogP contribution in [0.2, 0.25) is 0 Å². The van der Waals surface area contributed by atoms with Gasteiger partial charge in [0.05, 0.1) is 0 Å². The Balaban J connectivity index is 0.00000182. The standard InChI is InChI=1S/C20H32N4O.2ClH/c1-23-10-12-24(13-11-23)16-18-4-2-6-19(14-18)20(25)22-9-7-17-5-3-8-21-15-17;;/h2,4,6,14,17,21H,3,5,7-13,15-16H2,1H3,(H,22,25);2*1H. The smallest absolute Gasteiger partial charge is 0.251 e. The van der Waals surface area contributed by atoms with Crippen LogP contribution in [0.1, 0.15) is 35.2 Å². The minimum absolute atomic E-state index is 0. The van der Waals surface area contributed by atoms with Crippen molar-refractivity contribution in [3.63, 3.8) is 0 Å². The number of carbonyl (C=O) groups excluding carboxylic acids is 1. The number of likely N-dealkylation sites (N-methyl/N-ethyl adjacent to an activating group) is 1. The molecule has 0 radical (unpaired) electrons. The predicted octanol–water partition coefficient (Wildman–Crippen LogP) is 2.40. The monoisotopic (exact) mass is 416 g/mol. The molecule has 1 amide bonds. The molecule has 1 atom stereocenters. The number of nitrogens with one attached hydrogen (secondary N) is 2. The van der Waals surface area contributed by atoms with E-state index in [0.29, 0.717) is 5.92 Å². The number of piperidine rings is 1. The molecule has 0 aliphatic carbocycles. The molecular formula is C20H34Cl2N4O. The second-order valence-electron chi connectivity index (χ2n) is 7.54. The number of hydrogen-bond donors (Lipinski definition) is 2. The number of benzene rings is 1. The van der Waals surface area contributed by atoms with Crippen LogP contribution in [0.3, 0.4) is 0 Å². The molecule has 2 heterocycles. The highest BCUT2D eigenvalue weighted by molar-refractivity contribution is 5.94. The highest BCUT2D eigenvalue weighted by Gasteiger charge is 2.15. The van der Waals surface area contributed by atoms with Crippen LogP contribution in [0.15, 0.2) is 24.3 Å². The molecule has 0 saturated carbocycles. The molecule has 27 heavy (non-hydrogen) atoms. The zero-order chi connectivity index (χ0) is 17.5. The van der Waals surface area contributed by atoms with Gasteiger partial charge in [0.15, 0.2) is 0 Å². The topological polar surface area (TPSA) is 47.6 Å². The summed E-state index contributed by atoms with van der Waals surface area (Å²) in [6.07, 6.45) is 3.61. The maximum atomic E-state index is 12.4. The normalized spacial score (nSPS) is 21.0. The highest BCUT2D eigenvalue weighted by Crippen LogP contribution is 2.14. The SMILES string of the molecule is CN1CCN(Cc2cccc(C(=O)NCCC3CCCNC3)c2)CC1.Cl.Cl. The molecule has 2 fully saturated rings. The van der Waals surface area contributed by atoms with Crippen molar-refractivity contribution >= 4 is 30.7 Å². The summed E-state index contributed by atoms with van der Waals surface area (Å²) in [7, 11) is 2.17. The van der Waals surface area contributed by atoms with E-state index < -0.39 is 0 Å². The van der Waals surface area contributed by atoms with E-state index in [1.54, 1.807) is 0 Å². The van der Waals surface area contributed by atoms with Crippen LogP contribution < -0.4 is 10.6 Å². The number of amides is 1. The third-order valence-electron chi connectivity index (χ3n) is 5.43. The molecule has 2 N–H and O–H groups in total. The van der Waals surface area contributed by atoms with Gasteiger partial charge in [-0.3, -0.25) is 9.69 Å². The molecule has 2 aliphatic rings. The maximum Gasteiger partial charge on any atom is 0.251 e. The summed E-state index contributed by atoms with van der Waals surface area (Å²) in [5.74, 6) is 0.765. The largest absolute Gasteiger partial charge is 0.352 e. The molecule has 0 aromatic heterocycles. The average Bonchev–Trinajstić information content (AvgIpc) is 2.65. The van der Waals surface area contributed by atoms with E-state index in [2.05, 4.69) is 39.6 Å². The lowest BCUT2D eigenvalue weighted by atomic mass is 9.96. The summed E-state index contributed by atoms with van der Waals surface area (Å²) >= 11 is 0. The summed E-state index contributed by atoms with van der Waals surface area (Å²) in [4.78, 5) is 17.3. The Morgan fingerprint density at radius 2 is 2.00 bits per heavy atom. The maximum absolute atomic E-state index is 12.4. The molecule has 154 valence electrons. The third kappa shape index (κ3) is 7.96. The van der Waals surface area contributed by atoms with Crippen LogP contribution in [0.5, 0.6) is 0 Å². The van der Waals surface area contributed by atoms with Gasteiger partial charge in [0.2, 0.25) is 0 Å². The molecule has 2 saturated heterocycles. The van der Waals surface area contributed by atoms with Crippen molar-refractivity contribution in [1.82, 2.24) is 20.4 Å². The van der Waals surface area contributed by atoms with Gasteiger partial charge >= 0.3 is 0 Å². The van der Waals surface area contributed by atoms with Gasteiger partial charge < -0.3 is 15.5 Å². The minimum Gasteiger partial charge on any atom is -0.352 e. The van der Waals surface area contributed by atoms with Crippen LogP contribution in [0.25, 0.3) is 0 Å². The fourth-order valence-electron chi connectivity index (χ4n) is 3.74. The van der Waals surface area contributed by atoms with E-state index in [4.69, 9.17) is 0 Å². The van der Waals surface area contributed by atoms with E-state index >= 15 is 0 Å². The molecule has 7 heteroatoms. The fraction of sp³-hybridized carbons (Fsp3) is 0.650. The Morgan fingerprint density at radius 1 is 1.22 bits per heavy atom. The summed E-state index contributed by atoms with van der Waals surface area (Å²) in [6, 6.07) is 8.11. The minimum atomic E-state index is 0. The van der Waals surface area contributed by atoms with Crippen molar-refractivity contribution in [2.75, 3.05) is 52.9 Å². The zero-order valence-corrected chi connectivity index (χ0v) is 17.9. The summed E-state index contributed by atoms with van der Waals surface area (Å²) < 4.78 is 0. The van der Waals surface area contributed by atoms with E-state index in [1.807, 2.05) is 12.1 Å². The van der Waals surface area contributed by atoms with Crippen LogP contribution in [-0.2, 0) is 6.54 Å². The van der Waals surface area contributed by atoms with Crippen molar-refractivity contribution in [1.29, 1.82) is 0 Å². The first-order valence-electron chi connectivity index (χ1n) is 9.69. The Labute approximate surface area is 176 Å². The van der Waals surface area contributed by atoms with Gasteiger partial charge in [0.1, 0.15) is 0 Å². The number of piperazine rings is 1. The third-order valence-corrected chi connectivity index (χ3v) is 5.43. The van der Waals surface area contributed by atoms with Crippen LogP contribution in [-0.4, -0.2) is 68.6 Å². The predicted molar refractivity (Wildman–Crippen MR) is 116 cm³/mol. The first kappa shape index (κ1) is 24.2. The first-order valence-corrected chi connectivity index (χ1v) is 9.69. The number of carbonyl (C=O) groups is 1. The summed E-state index contributed by atoms with van der Waals surface area (Å²) in [6.45, 7) is 8.38. The van der Waals surface area contributed by atoms with Gasteiger partial charge in [0.25, 0.3) is 5.91 Å². The lowest BCUT2D eigenvalue weighted by molar-refractivity contribution is 0.0950. The Hall–Kier alpha value is -0.850. The summed E-state index contributed by atoms with van der Waals surface area (Å²) in [5, 5.41) is 6.53. The first-order chi connectivity index (χ1) is 12.2. The van der Waals surface area contributed by atoms with Crippen molar-refractivity contribution < 1.29 is 4.79 Å². The van der Waals surface area contributed by atoms with Crippen molar-refractivity contribution in [3.05, 3.63) is 35.4 Å². The highest BCUT2D eigenvalue weighted by atomic mass is 35.5. The number of rotatable bonds is 6. The Kier molecular flexibility index (Phi) is 11.3. The van der Waals surface area contributed by atoms with Crippen LogP contribution >= 0.6 is 24.8 Å². The van der Waals surface area contributed by atoms with Crippen molar-refractivity contribution in [2.24, 2.45) is 5.92 Å². The molecule has 2 aliphatic heterocycles. The van der Waals surface area contributed by atoms with E-state index in [9.17, 15) is 4.79 Å². The van der Waals surface area contributed by atoms with E-state index in [1.165, 1.54) is 18.4 Å². The molecule has 5 nitrogen and oxygen atoms in total. The molecule has 0 bridgehead atoms.